The molecular formula is C16H25ClFN. The van der Waals surface area contributed by atoms with Gasteiger partial charge in [-0.15, -0.1) is 0 Å². The average molecular weight is 286 g/mol. The Hall–Kier alpha value is -0.760. The van der Waals surface area contributed by atoms with Crippen molar-refractivity contribution in [1.82, 2.24) is 0 Å². The van der Waals surface area contributed by atoms with E-state index in [0.717, 1.165) is 13.0 Å². The van der Waals surface area contributed by atoms with E-state index in [2.05, 4.69) is 12.2 Å². The van der Waals surface area contributed by atoms with Gasteiger partial charge in [-0.3, -0.25) is 0 Å². The Bertz CT molecular complexity index is 355. The van der Waals surface area contributed by atoms with Crippen LogP contribution in [0.25, 0.3) is 0 Å². The largest absolute Gasteiger partial charge is 0.383 e. The van der Waals surface area contributed by atoms with Crippen LogP contribution in [0.2, 0.25) is 5.02 Å². The second-order valence-electron chi connectivity index (χ2n) is 5.00. The summed E-state index contributed by atoms with van der Waals surface area (Å²) in [4.78, 5) is 0. The molecule has 108 valence electrons. The summed E-state index contributed by atoms with van der Waals surface area (Å²) < 4.78 is 13.6. The van der Waals surface area contributed by atoms with E-state index in [0.29, 0.717) is 5.69 Å². The summed E-state index contributed by atoms with van der Waals surface area (Å²) in [5.41, 5.74) is 0.510. The summed E-state index contributed by atoms with van der Waals surface area (Å²) in [5, 5.41) is 3.29. The predicted molar refractivity (Wildman–Crippen MR) is 82.5 cm³/mol. The van der Waals surface area contributed by atoms with Crippen molar-refractivity contribution in [2.45, 2.75) is 58.3 Å². The Morgan fingerprint density at radius 1 is 1.00 bits per heavy atom. The quantitative estimate of drug-likeness (QED) is 0.517. The van der Waals surface area contributed by atoms with Gasteiger partial charge in [-0.1, -0.05) is 69.5 Å². The highest BCUT2D eigenvalue weighted by Gasteiger charge is 2.04. The van der Waals surface area contributed by atoms with E-state index in [1.54, 1.807) is 18.2 Å². The van der Waals surface area contributed by atoms with E-state index in [1.165, 1.54) is 44.9 Å². The first kappa shape index (κ1) is 16.3. The number of halogens is 2. The van der Waals surface area contributed by atoms with E-state index in [1.807, 2.05) is 0 Å². The first-order valence-electron chi connectivity index (χ1n) is 7.43. The van der Waals surface area contributed by atoms with Crippen LogP contribution in [0.1, 0.15) is 58.3 Å². The van der Waals surface area contributed by atoms with Gasteiger partial charge in [-0.05, 0) is 18.6 Å². The van der Waals surface area contributed by atoms with Gasteiger partial charge in [0.1, 0.15) is 0 Å². The second-order valence-corrected chi connectivity index (χ2v) is 5.41. The molecule has 0 aliphatic rings. The molecule has 0 fully saturated rings. The zero-order valence-electron chi connectivity index (χ0n) is 11.9. The molecule has 0 heterocycles. The molecule has 0 aromatic heterocycles. The number of anilines is 1. The maximum atomic E-state index is 13.6. The van der Waals surface area contributed by atoms with Crippen LogP contribution in [0.3, 0.4) is 0 Å². The number of hydrogen-bond donors (Lipinski definition) is 1. The summed E-state index contributed by atoms with van der Waals surface area (Å²) in [7, 11) is 0. The molecule has 1 aromatic rings. The molecule has 0 amide bonds. The monoisotopic (exact) mass is 285 g/mol. The summed E-state index contributed by atoms with van der Waals surface area (Å²) in [6, 6.07) is 5.06. The van der Waals surface area contributed by atoms with Crippen LogP contribution in [0.15, 0.2) is 18.2 Å². The summed E-state index contributed by atoms with van der Waals surface area (Å²) in [6.07, 6.45) is 10.3. The van der Waals surface area contributed by atoms with E-state index in [9.17, 15) is 4.39 Å². The molecule has 0 aliphatic carbocycles. The lowest BCUT2D eigenvalue weighted by Crippen LogP contribution is -2.03. The molecule has 1 rings (SSSR count). The van der Waals surface area contributed by atoms with Crippen LogP contribution in [0.4, 0.5) is 10.1 Å². The Labute approximate surface area is 121 Å². The van der Waals surface area contributed by atoms with Gasteiger partial charge in [0, 0.05) is 6.54 Å². The third kappa shape index (κ3) is 6.81. The maximum absolute atomic E-state index is 13.6. The zero-order valence-corrected chi connectivity index (χ0v) is 12.6. The Kier molecular flexibility index (Phi) is 8.64. The highest BCUT2D eigenvalue weighted by molar-refractivity contribution is 6.31. The maximum Gasteiger partial charge on any atom is 0.164 e. The van der Waals surface area contributed by atoms with Gasteiger partial charge in [-0.2, -0.15) is 0 Å². The van der Waals surface area contributed by atoms with Crippen molar-refractivity contribution >= 4 is 17.3 Å². The summed E-state index contributed by atoms with van der Waals surface area (Å²) >= 11 is 5.72. The van der Waals surface area contributed by atoms with Crippen molar-refractivity contribution < 1.29 is 4.39 Å². The first-order valence-corrected chi connectivity index (χ1v) is 7.81. The zero-order chi connectivity index (χ0) is 13.9. The minimum Gasteiger partial charge on any atom is -0.383 e. The highest BCUT2D eigenvalue weighted by atomic mass is 35.5. The van der Waals surface area contributed by atoms with E-state index < -0.39 is 0 Å². The van der Waals surface area contributed by atoms with Crippen LogP contribution >= 0.6 is 11.6 Å². The van der Waals surface area contributed by atoms with Crippen molar-refractivity contribution in [1.29, 1.82) is 0 Å². The molecule has 0 saturated heterocycles. The Morgan fingerprint density at radius 2 is 1.63 bits per heavy atom. The third-order valence-corrected chi connectivity index (χ3v) is 3.59. The van der Waals surface area contributed by atoms with E-state index >= 15 is 0 Å². The van der Waals surface area contributed by atoms with Gasteiger partial charge in [0.25, 0.3) is 0 Å². The SMILES string of the molecule is CCCCCCCCCCNc1cccc(Cl)c1F. The molecule has 1 N–H and O–H groups in total. The molecule has 0 bridgehead atoms. The predicted octanol–water partition coefficient (Wildman–Crippen LogP) is 6.03. The fraction of sp³-hybridized carbons (Fsp3) is 0.625. The fourth-order valence-corrected chi connectivity index (χ4v) is 2.30. The number of nitrogens with one attached hydrogen (secondary N) is 1. The van der Waals surface area contributed by atoms with Crippen molar-refractivity contribution in [3.05, 3.63) is 29.0 Å². The smallest absolute Gasteiger partial charge is 0.164 e. The standard InChI is InChI=1S/C16H25ClFN/c1-2-3-4-5-6-7-8-9-13-19-15-12-10-11-14(17)16(15)18/h10-12,19H,2-9,13H2,1H3. The molecule has 3 heteroatoms. The lowest BCUT2D eigenvalue weighted by Gasteiger charge is -2.08. The van der Waals surface area contributed by atoms with Crippen molar-refractivity contribution in [2.75, 3.05) is 11.9 Å². The molecule has 0 spiro atoms. The molecule has 1 nitrogen and oxygen atoms in total. The summed E-state index contributed by atoms with van der Waals surface area (Å²) in [5.74, 6) is -0.344. The molecule has 1 aromatic carbocycles. The van der Waals surface area contributed by atoms with Gasteiger partial charge in [0.05, 0.1) is 10.7 Å². The highest BCUT2D eigenvalue weighted by Crippen LogP contribution is 2.21. The molecule has 0 radical (unpaired) electrons. The van der Waals surface area contributed by atoms with Gasteiger partial charge >= 0.3 is 0 Å². The molecular weight excluding hydrogens is 261 g/mol. The minimum atomic E-state index is -0.344. The van der Waals surface area contributed by atoms with Crippen molar-refractivity contribution in [2.24, 2.45) is 0 Å². The van der Waals surface area contributed by atoms with Crippen molar-refractivity contribution in [3.8, 4) is 0 Å². The molecule has 0 unspecified atom stereocenters. The number of rotatable bonds is 10. The van der Waals surface area contributed by atoms with Crippen LogP contribution in [0, 0.1) is 5.82 Å². The van der Waals surface area contributed by atoms with Crippen LogP contribution in [-0.4, -0.2) is 6.54 Å². The van der Waals surface area contributed by atoms with Gasteiger partial charge in [0.2, 0.25) is 0 Å². The van der Waals surface area contributed by atoms with Gasteiger partial charge in [-0.25, -0.2) is 4.39 Å². The van der Waals surface area contributed by atoms with Crippen LogP contribution in [-0.2, 0) is 0 Å². The number of unbranched alkanes of at least 4 members (excludes halogenated alkanes) is 7. The summed E-state index contributed by atoms with van der Waals surface area (Å²) in [6.45, 7) is 3.05. The lowest BCUT2D eigenvalue weighted by atomic mass is 10.1. The third-order valence-electron chi connectivity index (χ3n) is 3.30. The van der Waals surface area contributed by atoms with E-state index in [4.69, 9.17) is 11.6 Å². The minimum absolute atomic E-state index is 0.181. The second kappa shape index (κ2) is 10.1. The topological polar surface area (TPSA) is 12.0 Å². The van der Waals surface area contributed by atoms with E-state index in [-0.39, 0.29) is 10.8 Å². The Morgan fingerprint density at radius 3 is 2.32 bits per heavy atom. The normalized spacial score (nSPS) is 10.7. The molecule has 19 heavy (non-hydrogen) atoms. The molecule has 0 saturated carbocycles. The van der Waals surface area contributed by atoms with Gasteiger partial charge in [0.15, 0.2) is 5.82 Å². The molecule has 0 atom stereocenters. The molecule has 0 aliphatic heterocycles. The fourth-order valence-electron chi connectivity index (χ4n) is 2.12. The first-order chi connectivity index (χ1) is 9.25. The van der Waals surface area contributed by atoms with Crippen LogP contribution in [0.5, 0.6) is 0 Å². The Balaban J connectivity index is 2.03. The van der Waals surface area contributed by atoms with Crippen LogP contribution < -0.4 is 5.32 Å². The average Bonchev–Trinajstić information content (AvgIpc) is 2.41. The lowest BCUT2D eigenvalue weighted by molar-refractivity contribution is 0.580. The number of benzene rings is 1. The number of hydrogen-bond acceptors (Lipinski definition) is 1. The van der Waals surface area contributed by atoms with Gasteiger partial charge < -0.3 is 5.32 Å². The van der Waals surface area contributed by atoms with Crippen molar-refractivity contribution in [3.63, 3.8) is 0 Å².